The van der Waals surface area contributed by atoms with E-state index in [1.54, 1.807) is 0 Å². The summed E-state index contributed by atoms with van der Waals surface area (Å²) in [7, 11) is 0. The summed E-state index contributed by atoms with van der Waals surface area (Å²) < 4.78 is 0. The minimum Gasteiger partial charge on any atom is -0.313 e. The highest BCUT2D eigenvalue weighted by Gasteiger charge is 2.34. The van der Waals surface area contributed by atoms with Crippen molar-refractivity contribution in [2.24, 2.45) is 29.2 Å². The molecule has 0 bridgehead atoms. The Kier molecular flexibility index (Phi) is 4.48. The lowest BCUT2D eigenvalue weighted by molar-refractivity contribution is 0.114. The fourth-order valence-electron chi connectivity index (χ4n) is 4.22. The second-order valence-corrected chi connectivity index (χ2v) is 6.54. The van der Waals surface area contributed by atoms with Crippen molar-refractivity contribution in [3.05, 3.63) is 0 Å². The van der Waals surface area contributed by atoms with Gasteiger partial charge < -0.3 is 11.5 Å². The van der Waals surface area contributed by atoms with Crippen LogP contribution in [0.2, 0.25) is 0 Å². The van der Waals surface area contributed by atoms with Crippen LogP contribution in [0.5, 0.6) is 0 Å². The first-order valence-electron chi connectivity index (χ1n) is 7.70. The van der Waals surface area contributed by atoms with Crippen molar-refractivity contribution in [3.8, 4) is 0 Å². The van der Waals surface area contributed by atoms with Crippen LogP contribution in [0.3, 0.4) is 0 Å². The van der Waals surface area contributed by atoms with Gasteiger partial charge in [-0.05, 0) is 43.4 Å². The van der Waals surface area contributed by atoms with Crippen LogP contribution in [0, 0.1) is 17.8 Å². The number of hydrogen-bond acceptors (Lipinski definition) is 2. The van der Waals surface area contributed by atoms with Crippen LogP contribution in [-0.4, -0.2) is 5.66 Å². The van der Waals surface area contributed by atoms with E-state index in [2.05, 4.69) is 6.92 Å². The van der Waals surface area contributed by atoms with Crippen LogP contribution in [0.4, 0.5) is 0 Å². The van der Waals surface area contributed by atoms with Crippen molar-refractivity contribution in [1.29, 1.82) is 0 Å². The SMILES string of the molecule is CCC(C1CCCCC1)C1CCC(N)(N)CC1. The lowest BCUT2D eigenvalue weighted by atomic mass is 9.67. The summed E-state index contributed by atoms with van der Waals surface area (Å²) in [5, 5.41) is 0. The molecule has 0 saturated heterocycles. The molecule has 0 spiro atoms. The average Bonchev–Trinajstić information content (AvgIpc) is 2.33. The van der Waals surface area contributed by atoms with Crippen molar-refractivity contribution < 1.29 is 0 Å². The van der Waals surface area contributed by atoms with Gasteiger partial charge in [-0.2, -0.15) is 0 Å². The average molecular weight is 238 g/mol. The van der Waals surface area contributed by atoms with E-state index in [4.69, 9.17) is 11.5 Å². The summed E-state index contributed by atoms with van der Waals surface area (Å²) >= 11 is 0. The molecule has 2 rings (SSSR count). The molecule has 0 aromatic heterocycles. The Labute approximate surface area is 107 Å². The quantitative estimate of drug-likeness (QED) is 0.740. The highest BCUT2D eigenvalue weighted by atomic mass is 15.0. The van der Waals surface area contributed by atoms with E-state index in [1.807, 2.05) is 0 Å². The fourth-order valence-corrected chi connectivity index (χ4v) is 4.22. The lowest BCUT2D eigenvalue weighted by Crippen LogP contribution is -2.52. The zero-order chi connectivity index (χ0) is 12.3. The van der Waals surface area contributed by atoms with Crippen molar-refractivity contribution in [2.45, 2.75) is 76.8 Å². The van der Waals surface area contributed by atoms with Gasteiger partial charge in [-0.25, -0.2) is 0 Å². The largest absolute Gasteiger partial charge is 0.313 e. The first-order chi connectivity index (χ1) is 8.12. The van der Waals surface area contributed by atoms with E-state index >= 15 is 0 Å². The Hall–Kier alpha value is -0.0800. The molecule has 100 valence electrons. The Morgan fingerprint density at radius 3 is 2.00 bits per heavy atom. The van der Waals surface area contributed by atoms with Gasteiger partial charge in [0.25, 0.3) is 0 Å². The first kappa shape index (κ1) is 13.4. The topological polar surface area (TPSA) is 52.0 Å². The summed E-state index contributed by atoms with van der Waals surface area (Å²) in [5.74, 6) is 2.86. The predicted molar refractivity (Wildman–Crippen MR) is 73.4 cm³/mol. The second-order valence-electron chi connectivity index (χ2n) is 6.54. The van der Waals surface area contributed by atoms with Gasteiger partial charge in [0, 0.05) is 0 Å². The van der Waals surface area contributed by atoms with Crippen LogP contribution in [0.25, 0.3) is 0 Å². The van der Waals surface area contributed by atoms with Crippen molar-refractivity contribution in [3.63, 3.8) is 0 Å². The van der Waals surface area contributed by atoms with E-state index in [0.717, 1.165) is 30.6 Å². The standard InChI is InChI=1S/C15H30N2/c1-2-14(12-6-4-3-5-7-12)13-8-10-15(16,17)11-9-13/h12-14H,2-11,16-17H2,1H3. The summed E-state index contributed by atoms with van der Waals surface area (Å²) in [4.78, 5) is 0. The summed E-state index contributed by atoms with van der Waals surface area (Å²) in [5.41, 5.74) is 11.7. The van der Waals surface area contributed by atoms with Crippen LogP contribution in [0.15, 0.2) is 0 Å². The zero-order valence-corrected chi connectivity index (χ0v) is 11.5. The van der Waals surface area contributed by atoms with Gasteiger partial charge in [0.05, 0.1) is 5.66 Å². The Bertz CT molecular complexity index is 221. The van der Waals surface area contributed by atoms with Crippen LogP contribution >= 0.6 is 0 Å². The third-order valence-corrected chi connectivity index (χ3v) is 5.29. The third-order valence-electron chi connectivity index (χ3n) is 5.29. The monoisotopic (exact) mass is 238 g/mol. The van der Waals surface area contributed by atoms with Gasteiger partial charge in [0.1, 0.15) is 0 Å². The van der Waals surface area contributed by atoms with Gasteiger partial charge in [0.15, 0.2) is 0 Å². The minimum absolute atomic E-state index is 0.360. The van der Waals surface area contributed by atoms with Gasteiger partial charge in [0.2, 0.25) is 0 Å². The molecule has 2 aliphatic rings. The summed E-state index contributed by atoms with van der Waals surface area (Å²) in [6.45, 7) is 2.38. The van der Waals surface area contributed by atoms with E-state index in [-0.39, 0.29) is 5.66 Å². The molecule has 0 heterocycles. The lowest BCUT2D eigenvalue weighted by Gasteiger charge is -2.41. The molecule has 4 N–H and O–H groups in total. The molecule has 1 atom stereocenters. The highest BCUT2D eigenvalue weighted by molar-refractivity contribution is 4.88. The molecule has 0 aliphatic heterocycles. The Balaban J connectivity index is 1.89. The van der Waals surface area contributed by atoms with E-state index < -0.39 is 0 Å². The highest BCUT2D eigenvalue weighted by Crippen LogP contribution is 2.42. The van der Waals surface area contributed by atoms with E-state index in [1.165, 1.54) is 51.4 Å². The molecule has 0 amide bonds. The predicted octanol–water partition coefficient (Wildman–Crippen LogP) is 3.40. The zero-order valence-electron chi connectivity index (χ0n) is 11.5. The Morgan fingerprint density at radius 1 is 0.941 bits per heavy atom. The van der Waals surface area contributed by atoms with Crippen LogP contribution in [0.1, 0.15) is 71.1 Å². The molecule has 2 aliphatic carbocycles. The molecular formula is C15H30N2. The third kappa shape index (κ3) is 3.45. The van der Waals surface area contributed by atoms with Gasteiger partial charge in [-0.3, -0.25) is 0 Å². The maximum Gasteiger partial charge on any atom is 0.0636 e. The maximum absolute atomic E-state index is 6.04. The second kappa shape index (κ2) is 5.71. The summed E-state index contributed by atoms with van der Waals surface area (Å²) in [6.07, 6.45) is 13.3. The van der Waals surface area contributed by atoms with Gasteiger partial charge >= 0.3 is 0 Å². The van der Waals surface area contributed by atoms with Crippen LogP contribution < -0.4 is 11.5 Å². The van der Waals surface area contributed by atoms with Crippen molar-refractivity contribution in [1.82, 2.24) is 0 Å². The number of rotatable bonds is 3. The van der Waals surface area contributed by atoms with E-state index in [9.17, 15) is 0 Å². The Morgan fingerprint density at radius 2 is 1.47 bits per heavy atom. The van der Waals surface area contributed by atoms with Crippen molar-refractivity contribution in [2.75, 3.05) is 0 Å². The summed E-state index contributed by atoms with van der Waals surface area (Å²) in [6, 6.07) is 0. The molecule has 0 radical (unpaired) electrons. The first-order valence-corrected chi connectivity index (χ1v) is 7.70. The normalized spacial score (nSPS) is 29.1. The molecule has 2 fully saturated rings. The number of nitrogens with two attached hydrogens (primary N) is 2. The smallest absolute Gasteiger partial charge is 0.0636 e. The molecule has 1 unspecified atom stereocenters. The number of hydrogen-bond donors (Lipinski definition) is 2. The van der Waals surface area contributed by atoms with Gasteiger partial charge in [-0.15, -0.1) is 0 Å². The molecule has 2 nitrogen and oxygen atoms in total. The van der Waals surface area contributed by atoms with E-state index in [0.29, 0.717) is 0 Å². The molecule has 0 aromatic rings. The maximum atomic E-state index is 6.04. The fraction of sp³-hybridized carbons (Fsp3) is 1.00. The van der Waals surface area contributed by atoms with Gasteiger partial charge in [-0.1, -0.05) is 45.4 Å². The van der Waals surface area contributed by atoms with Crippen LogP contribution in [-0.2, 0) is 0 Å². The molecule has 0 aromatic carbocycles. The van der Waals surface area contributed by atoms with Crippen molar-refractivity contribution >= 4 is 0 Å². The molecular weight excluding hydrogens is 208 g/mol. The molecule has 2 saturated carbocycles. The molecule has 2 heteroatoms. The minimum atomic E-state index is -0.360. The molecule has 17 heavy (non-hydrogen) atoms.